The summed E-state index contributed by atoms with van der Waals surface area (Å²) >= 11 is 0. The van der Waals surface area contributed by atoms with E-state index in [1.807, 2.05) is 20.8 Å². The van der Waals surface area contributed by atoms with Gasteiger partial charge in [-0.05, 0) is 29.7 Å². The number of rotatable bonds is 3. The zero-order valence-electron chi connectivity index (χ0n) is 13.4. The summed E-state index contributed by atoms with van der Waals surface area (Å²) in [7, 11) is 0. The van der Waals surface area contributed by atoms with Gasteiger partial charge in [-0.25, -0.2) is 4.79 Å². The van der Waals surface area contributed by atoms with Crippen molar-refractivity contribution in [3.8, 4) is 5.75 Å². The van der Waals surface area contributed by atoms with Crippen LogP contribution < -0.4 is 4.74 Å². The number of alkyl halides is 3. The van der Waals surface area contributed by atoms with Crippen molar-refractivity contribution in [1.82, 2.24) is 0 Å². The summed E-state index contributed by atoms with van der Waals surface area (Å²) in [6.07, 6.45) is -6.21. The first kappa shape index (κ1) is 18.0. The molecule has 7 heteroatoms. The summed E-state index contributed by atoms with van der Waals surface area (Å²) < 4.78 is 43.7. The van der Waals surface area contributed by atoms with Crippen molar-refractivity contribution in [3.05, 3.63) is 34.9 Å². The fraction of sp³-hybridized carbons (Fsp3) is 0.412. The second kappa shape index (κ2) is 5.96. The number of halogens is 3. The van der Waals surface area contributed by atoms with Gasteiger partial charge in [0.05, 0.1) is 5.57 Å². The average molecular weight is 342 g/mol. The zero-order chi connectivity index (χ0) is 18.3. The van der Waals surface area contributed by atoms with Gasteiger partial charge in [0.1, 0.15) is 5.75 Å². The topological polar surface area (TPSA) is 63.6 Å². The molecule has 1 aromatic rings. The summed E-state index contributed by atoms with van der Waals surface area (Å²) in [6, 6.07) is 4.01. The smallest absolute Gasteiger partial charge is 0.430 e. The van der Waals surface area contributed by atoms with Crippen LogP contribution >= 0.6 is 0 Å². The molecule has 0 bridgehead atoms. The molecule has 24 heavy (non-hydrogen) atoms. The van der Waals surface area contributed by atoms with Crippen molar-refractivity contribution < 1.29 is 32.6 Å². The number of carboxylic acid groups (broad SMARTS) is 1. The summed E-state index contributed by atoms with van der Waals surface area (Å²) in [5.74, 6) is -1.99. The maximum Gasteiger partial charge on any atom is 0.430 e. The standard InChI is InChI=1S/C17H17F3O4/c1-16(2,3)8-12(21)9-4-5-13-10(6-9)7-11(15(22)23)14(24-13)17(18,19)20/h4-7,14H,8H2,1-3H3,(H,22,23). The molecule has 0 amide bonds. The van der Waals surface area contributed by atoms with Gasteiger partial charge >= 0.3 is 12.1 Å². The second-order valence-corrected chi connectivity index (χ2v) is 6.86. The second-order valence-electron chi connectivity index (χ2n) is 6.86. The van der Waals surface area contributed by atoms with Crippen molar-refractivity contribution in [2.24, 2.45) is 5.41 Å². The van der Waals surface area contributed by atoms with Crippen molar-refractivity contribution >= 4 is 17.8 Å². The number of fused-ring (bicyclic) bond motifs is 1. The minimum Gasteiger partial charge on any atom is -0.478 e. The summed E-state index contributed by atoms with van der Waals surface area (Å²) in [4.78, 5) is 23.3. The van der Waals surface area contributed by atoms with Crippen molar-refractivity contribution in [1.29, 1.82) is 0 Å². The molecule has 2 rings (SSSR count). The van der Waals surface area contributed by atoms with E-state index in [2.05, 4.69) is 0 Å². The minimum atomic E-state index is -4.84. The van der Waals surface area contributed by atoms with Crippen LogP contribution in [0.2, 0.25) is 0 Å². The van der Waals surface area contributed by atoms with Crippen LogP contribution in [0.3, 0.4) is 0 Å². The number of ether oxygens (including phenoxy) is 1. The maximum absolute atomic E-state index is 13.0. The Labute approximate surface area is 136 Å². The normalized spacial score (nSPS) is 17.6. The first-order valence-corrected chi connectivity index (χ1v) is 7.24. The van der Waals surface area contributed by atoms with Crippen molar-refractivity contribution in [3.63, 3.8) is 0 Å². The Bertz CT molecular complexity index is 712. The van der Waals surface area contributed by atoms with E-state index in [1.54, 1.807) is 0 Å². The van der Waals surface area contributed by atoms with E-state index in [0.29, 0.717) is 5.56 Å². The number of hydrogen-bond acceptors (Lipinski definition) is 3. The van der Waals surface area contributed by atoms with Gasteiger partial charge in [0, 0.05) is 17.5 Å². The third-order valence-electron chi connectivity index (χ3n) is 3.41. The van der Waals surface area contributed by atoms with Crippen LogP contribution in [-0.4, -0.2) is 29.1 Å². The summed E-state index contributed by atoms with van der Waals surface area (Å²) in [5.41, 5.74) is -0.700. The van der Waals surface area contributed by atoms with Gasteiger partial charge < -0.3 is 9.84 Å². The van der Waals surface area contributed by atoms with Crippen LogP contribution in [0.4, 0.5) is 13.2 Å². The highest BCUT2D eigenvalue weighted by Gasteiger charge is 2.48. The number of Topliss-reactive ketones (excluding diaryl/α,β-unsaturated/α-hetero) is 1. The lowest BCUT2D eigenvalue weighted by Gasteiger charge is -2.27. The van der Waals surface area contributed by atoms with E-state index >= 15 is 0 Å². The Kier molecular flexibility index (Phi) is 4.48. The number of benzene rings is 1. The zero-order valence-corrected chi connectivity index (χ0v) is 13.4. The minimum absolute atomic E-state index is 0.102. The van der Waals surface area contributed by atoms with Crippen LogP contribution in [0.5, 0.6) is 5.75 Å². The van der Waals surface area contributed by atoms with Crippen LogP contribution in [0.25, 0.3) is 6.08 Å². The van der Waals surface area contributed by atoms with Crippen LogP contribution in [0, 0.1) is 5.41 Å². The average Bonchev–Trinajstić information content (AvgIpc) is 2.42. The molecule has 0 radical (unpaired) electrons. The predicted octanol–water partition coefficient (Wildman–Crippen LogP) is 4.10. The molecular formula is C17H17F3O4. The Morgan fingerprint density at radius 2 is 1.83 bits per heavy atom. The van der Waals surface area contributed by atoms with E-state index in [4.69, 9.17) is 9.84 Å². The van der Waals surface area contributed by atoms with Crippen LogP contribution in [0.15, 0.2) is 23.8 Å². The van der Waals surface area contributed by atoms with Crippen molar-refractivity contribution in [2.75, 3.05) is 0 Å². The molecule has 0 saturated heterocycles. The Hall–Kier alpha value is -2.31. The van der Waals surface area contributed by atoms with E-state index in [-0.39, 0.29) is 28.9 Å². The Balaban J connectivity index is 2.42. The quantitative estimate of drug-likeness (QED) is 0.840. The molecule has 130 valence electrons. The highest BCUT2D eigenvalue weighted by Crippen LogP contribution is 2.38. The molecule has 1 aromatic carbocycles. The van der Waals surface area contributed by atoms with Gasteiger partial charge in [-0.2, -0.15) is 13.2 Å². The van der Waals surface area contributed by atoms with Gasteiger partial charge in [-0.1, -0.05) is 20.8 Å². The lowest BCUT2D eigenvalue weighted by Crippen LogP contribution is -2.40. The van der Waals surface area contributed by atoms with Gasteiger partial charge in [0.15, 0.2) is 5.78 Å². The van der Waals surface area contributed by atoms with Gasteiger partial charge in [-0.3, -0.25) is 4.79 Å². The number of carbonyl (C=O) groups is 2. The summed E-state index contributed by atoms with van der Waals surface area (Å²) in [6.45, 7) is 5.67. The van der Waals surface area contributed by atoms with Crippen LogP contribution in [-0.2, 0) is 4.79 Å². The van der Waals surface area contributed by atoms with Gasteiger partial charge in [-0.15, -0.1) is 0 Å². The first-order valence-electron chi connectivity index (χ1n) is 7.24. The third-order valence-corrected chi connectivity index (χ3v) is 3.41. The van der Waals surface area contributed by atoms with E-state index in [9.17, 15) is 22.8 Å². The monoisotopic (exact) mass is 342 g/mol. The Morgan fingerprint density at radius 3 is 2.33 bits per heavy atom. The third kappa shape index (κ3) is 3.96. The highest BCUT2D eigenvalue weighted by atomic mass is 19.4. The lowest BCUT2D eigenvalue weighted by atomic mass is 9.87. The molecule has 0 aromatic heterocycles. The number of aliphatic carboxylic acids is 1. The van der Waals surface area contributed by atoms with E-state index in [0.717, 1.165) is 6.08 Å². The molecule has 0 aliphatic carbocycles. The van der Waals surface area contributed by atoms with Crippen molar-refractivity contribution in [2.45, 2.75) is 39.5 Å². The number of carbonyl (C=O) groups excluding carboxylic acids is 1. The molecule has 1 atom stereocenters. The SMILES string of the molecule is CC(C)(C)CC(=O)c1ccc2c(c1)C=C(C(=O)O)C(C(F)(F)F)O2. The Morgan fingerprint density at radius 1 is 1.21 bits per heavy atom. The van der Waals surface area contributed by atoms with Gasteiger partial charge in [0.2, 0.25) is 6.10 Å². The molecule has 1 aliphatic heterocycles. The molecular weight excluding hydrogens is 325 g/mol. The van der Waals surface area contributed by atoms with Gasteiger partial charge in [0.25, 0.3) is 0 Å². The molecule has 1 unspecified atom stereocenters. The fourth-order valence-electron chi connectivity index (χ4n) is 2.38. The van der Waals surface area contributed by atoms with E-state index in [1.165, 1.54) is 18.2 Å². The molecule has 0 fully saturated rings. The molecule has 4 nitrogen and oxygen atoms in total. The number of ketones is 1. The molecule has 1 aliphatic rings. The van der Waals surface area contributed by atoms with E-state index < -0.39 is 23.8 Å². The molecule has 1 heterocycles. The fourth-order valence-corrected chi connectivity index (χ4v) is 2.38. The lowest BCUT2D eigenvalue weighted by molar-refractivity contribution is -0.187. The number of hydrogen-bond donors (Lipinski definition) is 1. The van der Waals surface area contributed by atoms with Crippen LogP contribution in [0.1, 0.15) is 43.1 Å². The maximum atomic E-state index is 13.0. The molecule has 1 N–H and O–H groups in total. The molecule has 0 spiro atoms. The summed E-state index contributed by atoms with van der Waals surface area (Å²) in [5, 5.41) is 9.01. The number of carboxylic acids is 1. The first-order chi connectivity index (χ1) is 10.9. The predicted molar refractivity (Wildman–Crippen MR) is 80.9 cm³/mol. The molecule has 0 saturated carbocycles. The largest absolute Gasteiger partial charge is 0.478 e. The highest BCUT2D eigenvalue weighted by molar-refractivity contribution is 5.99.